The van der Waals surface area contributed by atoms with Crippen LogP contribution in [0, 0.1) is 17.2 Å². The number of hydrogen-bond acceptors (Lipinski definition) is 7. The second-order valence-electron chi connectivity index (χ2n) is 5.41. The number of hydrogen-bond donors (Lipinski definition) is 2. The molecule has 0 aliphatic carbocycles. The van der Waals surface area contributed by atoms with Gasteiger partial charge in [-0.05, 0) is 38.1 Å². The molecule has 0 radical (unpaired) electrons. The molecule has 9 heteroatoms. The van der Waals surface area contributed by atoms with Crippen LogP contribution < -0.4 is 11.1 Å². The third-order valence-corrected chi connectivity index (χ3v) is 3.55. The number of nitrogens with zero attached hydrogens (tertiary/aromatic N) is 1. The number of nitriles is 1. The Labute approximate surface area is 156 Å². The van der Waals surface area contributed by atoms with Gasteiger partial charge in [0.1, 0.15) is 6.04 Å². The van der Waals surface area contributed by atoms with Gasteiger partial charge in [0, 0.05) is 5.56 Å². The van der Waals surface area contributed by atoms with E-state index in [0.717, 1.165) is 0 Å². The molecule has 0 spiro atoms. The fraction of sp³-hybridized carbons (Fsp3) is 0.389. The molecule has 1 rings (SSSR count). The average molecular weight is 375 g/mol. The summed E-state index contributed by atoms with van der Waals surface area (Å²) < 4.78 is 9.69. The van der Waals surface area contributed by atoms with Gasteiger partial charge in [-0.3, -0.25) is 19.2 Å². The highest BCUT2D eigenvalue weighted by molar-refractivity contribution is 5.99. The minimum absolute atomic E-state index is 0.0210. The average Bonchev–Trinajstić information content (AvgIpc) is 2.64. The molecule has 0 fully saturated rings. The van der Waals surface area contributed by atoms with Crippen LogP contribution in [0.3, 0.4) is 0 Å². The van der Waals surface area contributed by atoms with E-state index in [4.69, 9.17) is 20.5 Å². The van der Waals surface area contributed by atoms with Gasteiger partial charge in [-0.1, -0.05) is 0 Å². The van der Waals surface area contributed by atoms with Crippen molar-refractivity contribution in [3.8, 4) is 6.07 Å². The van der Waals surface area contributed by atoms with Crippen molar-refractivity contribution in [2.24, 2.45) is 11.7 Å². The number of amides is 2. The molecule has 3 N–H and O–H groups in total. The first-order valence-electron chi connectivity index (χ1n) is 8.26. The number of nitrogens with one attached hydrogen (secondary N) is 1. The van der Waals surface area contributed by atoms with Gasteiger partial charge in [0.25, 0.3) is 5.91 Å². The maximum Gasteiger partial charge on any atom is 0.312 e. The summed E-state index contributed by atoms with van der Waals surface area (Å²) in [5, 5.41) is 11.1. The Kier molecular flexibility index (Phi) is 8.45. The van der Waals surface area contributed by atoms with Crippen molar-refractivity contribution in [1.82, 2.24) is 5.32 Å². The number of nitrogens with two attached hydrogens (primary N) is 1. The molecule has 27 heavy (non-hydrogen) atoms. The van der Waals surface area contributed by atoms with Crippen molar-refractivity contribution in [3.63, 3.8) is 0 Å². The standard InChI is InChI=1S/C18H21N3O6/c1-3-26-14(22)9-13(18(25)27-4-2)15(16(20)23)21-17(24)12-7-5-11(10-19)6-8-12/h5-8,13,15H,3-4,9H2,1-2H3,(H2,20,23)(H,21,24)/t13-,15+/m1/s1. The maximum atomic E-state index is 12.4. The van der Waals surface area contributed by atoms with Crippen LogP contribution in [0.2, 0.25) is 0 Å². The first-order chi connectivity index (χ1) is 12.8. The Morgan fingerprint density at radius 3 is 2.19 bits per heavy atom. The first kappa shape index (κ1) is 21.6. The number of ether oxygens (including phenoxy) is 2. The molecule has 2 amide bonds. The maximum absolute atomic E-state index is 12.4. The molecule has 0 saturated heterocycles. The van der Waals surface area contributed by atoms with E-state index in [1.807, 2.05) is 6.07 Å². The fourth-order valence-corrected chi connectivity index (χ4v) is 2.28. The van der Waals surface area contributed by atoms with E-state index < -0.39 is 42.1 Å². The van der Waals surface area contributed by atoms with Crippen molar-refractivity contribution >= 4 is 23.8 Å². The lowest BCUT2D eigenvalue weighted by Gasteiger charge is -2.23. The van der Waals surface area contributed by atoms with Crippen LogP contribution in [-0.4, -0.2) is 43.0 Å². The Morgan fingerprint density at radius 2 is 1.70 bits per heavy atom. The summed E-state index contributed by atoms with van der Waals surface area (Å²) in [5.41, 5.74) is 5.84. The molecule has 9 nitrogen and oxygen atoms in total. The van der Waals surface area contributed by atoms with E-state index in [9.17, 15) is 19.2 Å². The molecular formula is C18H21N3O6. The number of esters is 2. The molecule has 0 aliphatic rings. The van der Waals surface area contributed by atoms with Crippen LogP contribution in [0.4, 0.5) is 0 Å². The summed E-state index contributed by atoms with van der Waals surface area (Å²) in [6, 6.07) is 6.06. The summed E-state index contributed by atoms with van der Waals surface area (Å²) in [6.07, 6.45) is -0.478. The van der Waals surface area contributed by atoms with Crippen LogP contribution >= 0.6 is 0 Å². The molecule has 0 saturated carbocycles. The van der Waals surface area contributed by atoms with Crippen molar-refractivity contribution in [3.05, 3.63) is 35.4 Å². The number of benzene rings is 1. The number of carbonyl (C=O) groups excluding carboxylic acids is 4. The van der Waals surface area contributed by atoms with E-state index in [2.05, 4.69) is 5.32 Å². The molecule has 2 atom stereocenters. The van der Waals surface area contributed by atoms with Crippen LogP contribution in [0.5, 0.6) is 0 Å². The van der Waals surface area contributed by atoms with Crippen molar-refractivity contribution in [1.29, 1.82) is 5.26 Å². The quantitative estimate of drug-likeness (QED) is 0.589. The number of primary amides is 1. The Morgan fingerprint density at radius 1 is 1.11 bits per heavy atom. The normalized spacial score (nSPS) is 12.2. The zero-order valence-corrected chi connectivity index (χ0v) is 15.1. The van der Waals surface area contributed by atoms with Gasteiger partial charge in [0.05, 0.1) is 37.2 Å². The van der Waals surface area contributed by atoms with Crippen molar-refractivity contribution < 1.29 is 28.7 Å². The monoisotopic (exact) mass is 375 g/mol. The van der Waals surface area contributed by atoms with Crippen molar-refractivity contribution in [2.75, 3.05) is 13.2 Å². The predicted molar refractivity (Wildman–Crippen MR) is 93.0 cm³/mol. The molecule has 0 heterocycles. The van der Waals surface area contributed by atoms with Crippen LogP contribution in [0.1, 0.15) is 36.2 Å². The lowest BCUT2D eigenvalue weighted by Crippen LogP contribution is -2.52. The summed E-state index contributed by atoms with van der Waals surface area (Å²) in [6.45, 7) is 3.27. The van der Waals surface area contributed by atoms with Gasteiger partial charge in [-0.15, -0.1) is 0 Å². The van der Waals surface area contributed by atoms with Gasteiger partial charge in [0.15, 0.2) is 0 Å². The smallest absolute Gasteiger partial charge is 0.312 e. The van der Waals surface area contributed by atoms with Crippen LogP contribution in [-0.2, 0) is 23.9 Å². The van der Waals surface area contributed by atoms with E-state index in [0.29, 0.717) is 5.56 Å². The fourth-order valence-electron chi connectivity index (χ4n) is 2.28. The van der Waals surface area contributed by atoms with Crippen LogP contribution in [0.25, 0.3) is 0 Å². The van der Waals surface area contributed by atoms with Crippen LogP contribution in [0.15, 0.2) is 24.3 Å². The minimum Gasteiger partial charge on any atom is -0.466 e. The highest BCUT2D eigenvalue weighted by Crippen LogP contribution is 2.15. The Hall–Kier alpha value is -3.41. The zero-order chi connectivity index (χ0) is 20.4. The molecule has 144 valence electrons. The lowest BCUT2D eigenvalue weighted by molar-refractivity contribution is -0.156. The molecular weight excluding hydrogens is 354 g/mol. The molecule has 0 bridgehead atoms. The van der Waals surface area contributed by atoms with Gasteiger partial charge in [-0.2, -0.15) is 5.26 Å². The third-order valence-electron chi connectivity index (χ3n) is 3.55. The highest BCUT2D eigenvalue weighted by atomic mass is 16.5. The largest absolute Gasteiger partial charge is 0.466 e. The number of carbonyl (C=O) groups is 4. The van der Waals surface area contributed by atoms with E-state index >= 15 is 0 Å². The summed E-state index contributed by atoms with van der Waals surface area (Å²) >= 11 is 0. The first-order valence-corrected chi connectivity index (χ1v) is 8.26. The topological polar surface area (TPSA) is 149 Å². The molecule has 0 aliphatic heterocycles. The molecule has 0 aromatic heterocycles. The van der Waals surface area contributed by atoms with Gasteiger partial charge in [-0.25, -0.2) is 0 Å². The minimum atomic E-state index is -1.48. The SMILES string of the molecule is CCOC(=O)C[C@@H](C(=O)OCC)[C@H](NC(=O)c1ccc(C#N)cc1)C(N)=O. The van der Waals surface area contributed by atoms with E-state index in [-0.39, 0.29) is 18.8 Å². The van der Waals surface area contributed by atoms with Gasteiger partial charge in [0.2, 0.25) is 5.91 Å². The third kappa shape index (κ3) is 6.43. The van der Waals surface area contributed by atoms with Crippen molar-refractivity contribution in [2.45, 2.75) is 26.3 Å². The summed E-state index contributed by atoms with van der Waals surface area (Å²) in [5.74, 6) is -4.60. The summed E-state index contributed by atoms with van der Waals surface area (Å²) in [7, 11) is 0. The molecule has 1 aromatic carbocycles. The zero-order valence-electron chi connectivity index (χ0n) is 15.1. The predicted octanol–water partition coefficient (Wildman–Crippen LogP) is 0.274. The Bertz CT molecular complexity index is 738. The lowest BCUT2D eigenvalue weighted by atomic mass is 9.95. The Balaban J connectivity index is 3.05. The second-order valence-corrected chi connectivity index (χ2v) is 5.41. The molecule has 1 aromatic rings. The molecule has 0 unspecified atom stereocenters. The number of rotatable bonds is 9. The highest BCUT2D eigenvalue weighted by Gasteiger charge is 2.37. The van der Waals surface area contributed by atoms with Gasteiger partial charge < -0.3 is 20.5 Å². The van der Waals surface area contributed by atoms with E-state index in [1.165, 1.54) is 24.3 Å². The summed E-state index contributed by atoms with van der Waals surface area (Å²) in [4.78, 5) is 48.2. The second kappa shape index (κ2) is 10.6. The van der Waals surface area contributed by atoms with Gasteiger partial charge >= 0.3 is 11.9 Å². The van der Waals surface area contributed by atoms with E-state index in [1.54, 1.807) is 13.8 Å².